The molecule has 29 heavy (non-hydrogen) atoms. The van der Waals surface area contributed by atoms with E-state index in [9.17, 15) is 18.2 Å². The smallest absolute Gasteiger partial charge is 0.315 e. The molecule has 0 radical (unpaired) electrons. The Morgan fingerprint density at radius 3 is 2.45 bits per heavy atom. The van der Waals surface area contributed by atoms with Gasteiger partial charge in [0.15, 0.2) is 5.13 Å². The largest absolute Gasteiger partial charge is 0.340 e. The molecule has 0 spiro atoms. The Morgan fingerprint density at radius 2 is 1.79 bits per heavy atom. The van der Waals surface area contributed by atoms with Crippen molar-refractivity contribution < 1.29 is 18.2 Å². The number of amides is 2. The first kappa shape index (κ1) is 20.8. The average molecular weight is 432 g/mol. The number of halogens is 1. The Labute approximate surface area is 173 Å². The first-order valence-corrected chi connectivity index (χ1v) is 11.2. The minimum atomic E-state index is -1.17. The average Bonchev–Trinajstić information content (AvgIpc) is 3.16. The van der Waals surface area contributed by atoms with Gasteiger partial charge < -0.3 is 5.32 Å². The van der Waals surface area contributed by atoms with Crippen LogP contribution in [-0.4, -0.2) is 33.0 Å². The quantitative estimate of drug-likeness (QED) is 0.587. The van der Waals surface area contributed by atoms with Crippen LogP contribution < -0.4 is 10.6 Å². The number of hydrogen-bond donors (Lipinski definition) is 2. The molecule has 0 bridgehead atoms. The highest BCUT2D eigenvalue weighted by atomic mass is 32.2. The maximum absolute atomic E-state index is 13.0. The van der Waals surface area contributed by atoms with Gasteiger partial charge in [0, 0.05) is 33.8 Å². The molecule has 0 aliphatic carbocycles. The lowest BCUT2D eigenvalue weighted by Gasteiger charge is -2.17. The third-order valence-corrected chi connectivity index (χ3v) is 5.54. The predicted octanol–water partition coefficient (Wildman–Crippen LogP) is 3.12. The highest BCUT2D eigenvalue weighted by Gasteiger charge is 2.22. The Bertz CT molecular complexity index is 1020. The van der Waals surface area contributed by atoms with Gasteiger partial charge in [-0.1, -0.05) is 30.3 Å². The van der Waals surface area contributed by atoms with Gasteiger partial charge in [0.05, 0.1) is 11.7 Å². The number of nitrogens with zero attached hydrogens (tertiary/aromatic N) is 1. The number of thiazole rings is 1. The predicted molar refractivity (Wildman–Crippen MR) is 112 cm³/mol. The lowest BCUT2D eigenvalue weighted by molar-refractivity contribution is -0.136. The van der Waals surface area contributed by atoms with Crippen molar-refractivity contribution in [3.05, 3.63) is 71.4 Å². The van der Waals surface area contributed by atoms with Gasteiger partial charge in [0.25, 0.3) is 0 Å². The molecule has 2 amide bonds. The molecule has 2 atom stereocenters. The van der Waals surface area contributed by atoms with Crippen molar-refractivity contribution in [3.63, 3.8) is 0 Å². The molecular formula is C20H18FN3O3S2. The van der Waals surface area contributed by atoms with Crippen molar-refractivity contribution in [2.24, 2.45) is 0 Å². The van der Waals surface area contributed by atoms with Crippen LogP contribution in [0.5, 0.6) is 0 Å². The topological polar surface area (TPSA) is 88.2 Å². The second-order valence-electron chi connectivity index (χ2n) is 6.18. The zero-order valence-corrected chi connectivity index (χ0v) is 17.1. The molecule has 3 rings (SSSR count). The van der Waals surface area contributed by atoms with Crippen molar-refractivity contribution >= 4 is 39.1 Å². The Morgan fingerprint density at radius 1 is 1.10 bits per heavy atom. The molecule has 2 N–H and O–H groups in total. The molecule has 0 aliphatic heterocycles. The molecule has 1 heterocycles. The van der Waals surface area contributed by atoms with E-state index in [0.29, 0.717) is 11.3 Å². The van der Waals surface area contributed by atoms with Gasteiger partial charge in [0.1, 0.15) is 5.82 Å². The summed E-state index contributed by atoms with van der Waals surface area (Å²) in [4.78, 5) is 28.9. The van der Waals surface area contributed by atoms with Gasteiger partial charge in [-0.2, -0.15) is 0 Å². The van der Waals surface area contributed by atoms with Crippen LogP contribution in [-0.2, 0) is 20.4 Å². The summed E-state index contributed by atoms with van der Waals surface area (Å²) in [7, 11) is -1.17. The molecular weight excluding hydrogens is 413 g/mol. The van der Waals surface area contributed by atoms with E-state index < -0.39 is 28.7 Å². The summed E-state index contributed by atoms with van der Waals surface area (Å²) in [5.41, 5.74) is 2.02. The van der Waals surface area contributed by atoms with Gasteiger partial charge in [-0.15, -0.1) is 11.3 Å². The highest BCUT2D eigenvalue weighted by molar-refractivity contribution is 7.84. The van der Waals surface area contributed by atoms with Gasteiger partial charge in [-0.05, 0) is 29.8 Å². The van der Waals surface area contributed by atoms with Crippen LogP contribution in [0.25, 0.3) is 11.3 Å². The second kappa shape index (κ2) is 9.53. The van der Waals surface area contributed by atoms with Gasteiger partial charge >= 0.3 is 11.8 Å². The van der Waals surface area contributed by atoms with Crippen LogP contribution in [0.15, 0.2) is 60.0 Å². The standard InChI is InChI=1S/C20H18FN3O3S2/c1-29(27)12-17(13-5-3-2-4-6-13)22-18(25)19(26)24-20-23-16(11-28-20)14-7-9-15(21)10-8-14/h2-11,17H,12H2,1H3,(H,22,25)(H,23,24,26)/t17-,29+/m0/s1. The first-order chi connectivity index (χ1) is 13.9. The van der Waals surface area contributed by atoms with Gasteiger partial charge in [-0.3, -0.25) is 19.1 Å². The third kappa shape index (κ3) is 5.78. The summed E-state index contributed by atoms with van der Waals surface area (Å²) in [6, 6.07) is 14.3. The number of hydrogen-bond acceptors (Lipinski definition) is 5. The maximum atomic E-state index is 13.0. The van der Waals surface area contributed by atoms with Crippen LogP contribution >= 0.6 is 11.3 Å². The normalized spacial score (nSPS) is 12.8. The molecule has 2 aromatic carbocycles. The molecule has 0 saturated carbocycles. The van der Waals surface area contributed by atoms with E-state index in [0.717, 1.165) is 16.9 Å². The number of nitrogens with one attached hydrogen (secondary N) is 2. The molecule has 9 heteroatoms. The molecule has 0 aliphatic rings. The summed E-state index contributed by atoms with van der Waals surface area (Å²) in [5.74, 6) is -1.87. The van der Waals surface area contributed by atoms with E-state index in [-0.39, 0.29) is 16.7 Å². The van der Waals surface area contributed by atoms with E-state index in [1.807, 2.05) is 6.07 Å². The summed E-state index contributed by atoms with van der Waals surface area (Å²) in [5, 5.41) is 7.03. The first-order valence-electron chi connectivity index (χ1n) is 8.60. The molecule has 0 saturated heterocycles. The zero-order valence-electron chi connectivity index (χ0n) is 15.4. The molecule has 0 unspecified atom stereocenters. The summed E-state index contributed by atoms with van der Waals surface area (Å²) < 4.78 is 24.7. The van der Waals surface area contributed by atoms with E-state index in [1.54, 1.807) is 41.8 Å². The fourth-order valence-electron chi connectivity index (χ4n) is 2.60. The maximum Gasteiger partial charge on any atom is 0.315 e. The Balaban J connectivity index is 1.66. The Kier molecular flexibility index (Phi) is 6.84. The van der Waals surface area contributed by atoms with Crippen LogP contribution in [0.2, 0.25) is 0 Å². The van der Waals surface area contributed by atoms with E-state index >= 15 is 0 Å². The molecule has 0 fully saturated rings. The SMILES string of the molecule is C[S@@](=O)C[C@H](NC(=O)C(=O)Nc1nc(-c2ccc(F)cc2)cs1)c1ccccc1. The van der Waals surface area contributed by atoms with Gasteiger partial charge in [0.2, 0.25) is 0 Å². The summed E-state index contributed by atoms with van der Waals surface area (Å²) in [6.45, 7) is 0. The van der Waals surface area contributed by atoms with Crippen molar-refractivity contribution in [2.45, 2.75) is 6.04 Å². The van der Waals surface area contributed by atoms with Crippen LogP contribution in [0.1, 0.15) is 11.6 Å². The minimum Gasteiger partial charge on any atom is -0.340 e. The number of anilines is 1. The fraction of sp³-hybridized carbons (Fsp3) is 0.150. The van der Waals surface area contributed by atoms with Crippen molar-refractivity contribution in [3.8, 4) is 11.3 Å². The minimum absolute atomic E-state index is 0.189. The number of benzene rings is 2. The van der Waals surface area contributed by atoms with Gasteiger partial charge in [-0.25, -0.2) is 9.37 Å². The van der Waals surface area contributed by atoms with E-state index in [2.05, 4.69) is 15.6 Å². The fourth-order valence-corrected chi connectivity index (χ4v) is 4.06. The number of aromatic nitrogens is 1. The molecule has 150 valence electrons. The number of rotatable bonds is 6. The molecule has 6 nitrogen and oxygen atoms in total. The third-order valence-electron chi connectivity index (χ3n) is 3.98. The van der Waals surface area contributed by atoms with Crippen molar-refractivity contribution in [1.82, 2.24) is 10.3 Å². The van der Waals surface area contributed by atoms with Crippen LogP contribution in [0.3, 0.4) is 0 Å². The molecule has 3 aromatic rings. The molecule has 1 aromatic heterocycles. The van der Waals surface area contributed by atoms with Crippen LogP contribution in [0, 0.1) is 5.82 Å². The summed E-state index contributed by atoms with van der Waals surface area (Å²) >= 11 is 1.15. The van der Waals surface area contributed by atoms with E-state index in [4.69, 9.17) is 0 Å². The number of carbonyl (C=O) groups excluding carboxylic acids is 2. The van der Waals surface area contributed by atoms with Crippen molar-refractivity contribution in [2.75, 3.05) is 17.3 Å². The second-order valence-corrected chi connectivity index (χ2v) is 8.51. The summed E-state index contributed by atoms with van der Waals surface area (Å²) in [6.07, 6.45) is 1.54. The zero-order chi connectivity index (χ0) is 20.8. The monoisotopic (exact) mass is 431 g/mol. The van der Waals surface area contributed by atoms with E-state index in [1.165, 1.54) is 18.4 Å². The lowest BCUT2D eigenvalue weighted by Crippen LogP contribution is -2.39. The van der Waals surface area contributed by atoms with Crippen LogP contribution in [0.4, 0.5) is 9.52 Å². The lowest BCUT2D eigenvalue weighted by atomic mass is 10.1. The number of carbonyl (C=O) groups is 2. The Hall–Kier alpha value is -2.91. The van der Waals surface area contributed by atoms with Crippen molar-refractivity contribution in [1.29, 1.82) is 0 Å². The highest BCUT2D eigenvalue weighted by Crippen LogP contribution is 2.25.